The van der Waals surface area contributed by atoms with Crippen LogP contribution in [-0.2, 0) is 23.1 Å². The van der Waals surface area contributed by atoms with Gasteiger partial charge in [0.1, 0.15) is 12.2 Å². The quantitative estimate of drug-likeness (QED) is 0.739. The maximum atomic E-state index is 11.4. The topological polar surface area (TPSA) is 60.2 Å². The molecule has 1 atom stereocenters. The fourth-order valence-corrected chi connectivity index (χ4v) is 2.42. The average molecular weight is 252 g/mol. The van der Waals surface area contributed by atoms with Crippen molar-refractivity contribution in [2.75, 3.05) is 13.7 Å². The zero-order valence-corrected chi connectivity index (χ0v) is 11.0. The molecular formula is C12H20N4O2. The lowest BCUT2D eigenvalue weighted by Gasteiger charge is -2.34. The minimum absolute atomic E-state index is 0.134. The van der Waals surface area contributed by atoms with Crippen molar-refractivity contribution in [2.24, 2.45) is 7.05 Å². The lowest BCUT2D eigenvalue weighted by molar-refractivity contribution is -0.142. The Kier molecular flexibility index (Phi) is 4.30. The summed E-state index contributed by atoms with van der Waals surface area (Å²) in [6.07, 6.45) is 5.43. The summed E-state index contributed by atoms with van der Waals surface area (Å²) in [4.78, 5) is 18.0. The number of carbonyl (C=O) groups excluding carboxylic acids is 1. The van der Waals surface area contributed by atoms with Gasteiger partial charge in [-0.3, -0.25) is 14.4 Å². The summed E-state index contributed by atoms with van der Waals surface area (Å²) < 4.78 is 6.54. The maximum absolute atomic E-state index is 11.4. The Hall–Kier alpha value is -1.43. The van der Waals surface area contributed by atoms with Crippen LogP contribution in [0.4, 0.5) is 0 Å². The SMILES string of the molecule is COC(=O)CC1CCCCN1Cc1ncnn1C. The Morgan fingerprint density at radius 2 is 2.39 bits per heavy atom. The van der Waals surface area contributed by atoms with E-state index < -0.39 is 0 Å². The fourth-order valence-electron chi connectivity index (χ4n) is 2.42. The summed E-state index contributed by atoms with van der Waals surface area (Å²) in [6.45, 7) is 1.76. The molecule has 1 aliphatic rings. The molecule has 0 aromatic carbocycles. The second-order valence-corrected chi connectivity index (χ2v) is 4.70. The van der Waals surface area contributed by atoms with Crippen molar-refractivity contribution < 1.29 is 9.53 Å². The zero-order chi connectivity index (χ0) is 13.0. The van der Waals surface area contributed by atoms with E-state index in [-0.39, 0.29) is 12.0 Å². The van der Waals surface area contributed by atoms with Crippen LogP contribution in [0.15, 0.2) is 6.33 Å². The number of piperidine rings is 1. The van der Waals surface area contributed by atoms with E-state index in [1.54, 1.807) is 11.0 Å². The molecule has 0 spiro atoms. The molecule has 1 fully saturated rings. The number of hydrogen-bond donors (Lipinski definition) is 0. The normalized spacial score (nSPS) is 20.9. The van der Waals surface area contributed by atoms with Gasteiger partial charge < -0.3 is 4.74 Å². The Bertz CT molecular complexity index is 405. The number of likely N-dealkylation sites (tertiary alicyclic amines) is 1. The van der Waals surface area contributed by atoms with Crippen molar-refractivity contribution >= 4 is 5.97 Å². The first kappa shape index (κ1) is 13.0. The molecule has 1 unspecified atom stereocenters. The predicted octanol–water partition coefficient (Wildman–Crippen LogP) is 0.733. The van der Waals surface area contributed by atoms with Crippen molar-refractivity contribution in [3.05, 3.63) is 12.2 Å². The number of esters is 1. The standard InChI is InChI=1S/C12H20N4O2/c1-15-11(13-9-14-15)8-16-6-4-3-5-10(16)7-12(17)18-2/h9-10H,3-8H2,1-2H3. The smallest absolute Gasteiger partial charge is 0.307 e. The summed E-state index contributed by atoms with van der Waals surface area (Å²) in [7, 11) is 3.33. The molecule has 0 saturated carbocycles. The van der Waals surface area contributed by atoms with Crippen molar-refractivity contribution in [1.29, 1.82) is 0 Å². The van der Waals surface area contributed by atoms with Crippen LogP contribution < -0.4 is 0 Å². The number of aromatic nitrogens is 3. The van der Waals surface area contributed by atoms with Crippen LogP contribution in [-0.4, -0.2) is 45.3 Å². The van der Waals surface area contributed by atoms with Crippen molar-refractivity contribution in [3.63, 3.8) is 0 Å². The van der Waals surface area contributed by atoms with E-state index in [4.69, 9.17) is 4.74 Å². The van der Waals surface area contributed by atoms with Crippen molar-refractivity contribution in [1.82, 2.24) is 19.7 Å². The minimum Gasteiger partial charge on any atom is -0.469 e. The first-order chi connectivity index (χ1) is 8.70. The predicted molar refractivity (Wildman–Crippen MR) is 65.7 cm³/mol. The van der Waals surface area contributed by atoms with Gasteiger partial charge in [-0.1, -0.05) is 6.42 Å². The van der Waals surface area contributed by atoms with Gasteiger partial charge in [0.25, 0.3) is 0 Å². The molecule has 0 N–H and O–H groups in total. The molecule has 1 saturated heterocycles. The van der Waals surface area contributed by atoms with Gasteiger partial charge in [-0.15, -0.1) is 0 Å². The third-order valence-corrected chi connectivity index (χ3v) is 3.53. The van der Waals surface area contributed by atoms with Gasteiger partial charge in [0, 0.05) is 13.1 Å². The fraction of sp³-hybridized carbons (Fsp3) is 0.750. The van der Waals surface area contributed by atoms with Crippen LogP contribution in [0.25, 0.3) is 0 Å². The van der Waals surface area contributed by atoms with E-state index in [2.05, 4.69) is 15.0 Å². The Balaban J connectivity index is 1.99. The Morgan fingerprint density at radius 3 is 3.06 bits per heavy atom. The summed E-state index contributed by atoms with van der Waals surface area (Å²) in [5, 5.41) is 4.07. The maximum Gasteiger partial charge on any atom is 0.307 e. The highest BCUT2D eigenvalue weighted by molar-refractivity contribution is 5.69. The van der Waals surface area contributed by atoms with E-state index in [0.717, 1.165) is 25.3 Å². The van der Waals surface area contributed by atoms with Gasteiger partial charge in [-0.25, -0.2) is 4.98 Å². The molecule has 100 valence electrons. The minimum atomic E-state index is -0.134. The van der Waals surface area contributed by atoms with Crippen LogP contribution in [0.3, 0.4) is 0 Å². The number of methoxy groups -OCH3 is 1. The van der Waals surface area contributed by atoms with Gasteiger partial charge in [0.2, 0.25) is 0 Å². The molecule has 1 aromatic rings. The lowest BCUT2D eigenvalue weighted by atomic mass is 9.99. The molecule has 6 heteroatoms. The molecule has 2 heterocycles. The van der Waals surface area contributed by atoms with Crippen molar-refractivity contribution in [3.8, 4) is 0 Å². The molecule has 1 aromatic heterocycles. The largest absolute Gasteiger partial charge is 0.469 e. The monoisotopic (exact) mass is 252 g/mol. The van der Waals surface area contributed by atoms with Gasteiger partial charge in [-0.05, 0) is 19.4 Å². The Morgan fingerprint density at radius 1 is 1.56 bits per heavy atom. The van der Waals surface area contributed by atoms with Crippen LogP contribution in [0.5, 0.6) is 0 Å². The first-order valence-corrected chi connectivity index (χ1v) is 6.34. The summed E-state index contributed by atoms with van der Waals surface area (Å²) in [5.41, 5.74) is 0. The zero-order valence-electron chi connectivity index (χ0n) is 11.0. The molecule has 0 bridgehead atoms. The number of carbonyl (C=O) groups is 1. The molecule has 0 amide bonds. The molecule has 2 rings (SSSR count). The number of ether oxygens (including phenoxy) is 1. The first-order valence-electron chi connectivity index (χ1n) is 6.34. The van der Waals surface area contributed by atoms with Crippen LogP contribution in [0, 0.1) is 0 Å². The van der Waals surface area contributed by atoms with Crippen LogP contribution in [0.2, 0.25) is 0 Å². The summed E-state index contributed by atoms with van der Waals surface area (Å²) in [6, 6.07) is 0.267. The molecule has 6 nitrogen and oxygen atoms in total. The highest BCUT2D eigenvalue weighted by Crippen LogP contribution is 2.21. The van der Waals surface area contributed by atoms with Gasteiger partial charge in [0.05, 0.1) is 20.1 Å². The summed E-state index contributed by atoms with van der Waals surface area (Å²) >= 11 is 0. The third-order valence-electron chi connectivity index (χ3n) is 3.53. The van der Waals surface area contributed by atoms with Gasteiger partial charge in [0.15, 0.2) is 0 Å². The highest BCUT2D eigenvalue weighted by Gasteiger charge is 2.26. The van der Waals surface area contributed by atoms with E-state index >= 15 is 0 Å². The number of nitrogens with zero attached hydrogens (tertiary/aromatic N) is 4. The van der Waals surface area contributed by atoms with Crippen LogP contribution >= 0.6 is 0 Å². The van der Waals surface area contributed by atoms with E-state index in [9.17, 15) is 4.79 Å². The van der Waals surface area contributed by atoms with Crippen molar-refractivity contribution in [2.45, 2.75) is 38.3 Å². The lowest BCUT2D eigenvalue weighted by Crippen LogP contribution is -2.41. The third kappa shape index (κ3) is 3.07. The van der Waals surface area contributed by atoms with Gasteiger partial charge >= 0.3 is 5.97 Å². The molecule has 0 radical (unpaired) electrons. The van der Waals surface area contributed by atoms with E-state index in [0.29, 0.717) is 6.42 Å². The molecule has 1 aliphatic heterocycles. The molecular weight excluding hydrogens is 232 g/mol. The number of aryl methyl sites for hydroxylation is 1. The second kappa shape index (κ2) is 5.95. The highest BCUT2D eigenvalue weighted by atomic mass is 16.5. The van der Waals surface area contributed by atoms with Crippen LogP contribution in [0.1, 0.15) is 31.5 Å². The second-order valence-electron chi connectivity index (χ2n) is 4.70. The molecule has 0 aliphatic carbocycles. The summed E-state index contributed by atoms with van der Waals surface area (Å²) in [5.74, 6) is 0.802. The Labute approximate surface area is 107 Å². The van der Waals surface area contributed by atoms with E-state index in [1.165, 1.54) is 20.0 Å². The van der Waals surface area contributed by atoms with E-state index in [1.807, 2.05) is 7.05 Å². The molecule has 18 heavy (non-hydrogen) atoms. The number of rotatable bonds is 4. The average Bonchev–Trinajstić information content (AvgIpc) is 2.77. The number of hydrogen-bond acceptors (Lipinski definition) is 5. The van der Waals surface area contributed by atoms with Gasteiger partial charge in [-0.2, -0.15) is 5.10 Å².